The molecule has 5 N–H and O–H groups in total. The number of nitrogens with one attached hydrogen (secondary N) is 4. The van der Waals surface area contributed by atoms with E-state index in [1.807, 2.05) is 6.08 Å². The maximum Gasteiger partial charge on any atom is 0.267 e. The first kappa shape index (κ1) is 29.0. The lowest BCUT2D eigenvalue weighted by Crippen LogP contribution is -2.52. The van der Waals surface area contributed by atoms with E-state index in [4.69, 9.17) is 9.94 Å². The zero-order valence-corrected chi connectivity index (χ0v) is 22.3. The summed E-state index contributed by atoms with van der Waals surface area (Å²) in [5.74, 6) is 4.39. The number of allylic oxidation sites excluding steroid dienone is 1. The topological polar surface area (TPSA) is 132 Å². The second kappa shape index (κ2) is 15.0. The fourth-order valence-corrected chi connectivity index (χ4v) is 4.05. The second-order valence-corrected chi connectivity index (χ2v) is 9.77. The third-order valence-electron chi connectivity index (χ3n) is 6.58. The van der Waals surface area contributed by atoms with E-state index in [9.17, 15) is 14.4 Å². The van der Waals surface area contributed by atoms with Gasteiger partial charge in [0.25, 0.3) is 11.8 Å². The van der Waals surface area contributed by atoms with E-state index >= 15 is 0 Å². The van der Waals surface area contributed by atoms with E-state index in [1.165, 1.54) is 11.0 Å². The Labute approximate surface area is 234 Å². The van der Waals surface area contributed by atoms with Gasteiger partial charge in [0, 0.05) is 43.3 Å². The van der Waals surface area contributed by atoms with Gasteiger partial charge in [-0.1, -0.05) is 36.1 Å². The summed E-state index contributed by atoms with van der Waals surface area (Å²) < 4.78 is 5.40. The summed E-state index contributed by atoms with van der Waals surface area (Å²) in [7, 11) is 0. The number of carbonyl (C=O) groups is 3. The van der Waals surface area contributed by atoms with Gasteiger partial charge >= 0.3 is 0 Å². The molecule has 0 aromatic heterocycles. The normalized spacial score (nSPS) is 16.0. The molecule has 1 atom stereocenters. The lowest BCUT2D eigenvalue weighted by Gasteiger charge is -2.26. The van der Waals surface area contributed by atoms with E-state index < -0.39 is 17.9 Å². The first-order chi connectivity index (χ1) is 19.5. The first-order valence-corrected chi connectivity index (χ1v) is 13.4. The van der Waals surface area contributed by atoms with E-state index in [0.717, 1.165) is 56.8 Å². The van der Waals surface area contributed by atoms with Crippen molar-refractivity contribution in [3.05, 3.63) is 76.9 Å². The largest absolute Gasteiger partial charge is 0.379 e. The van der Waals surface area contributed by atoms with Crippen LogP contribution in [0.1, 0.15) is 39.9 Å². The molecule has 0 spiro atoms. The SMILES string of the molecule is O=C(CNC1CC1)NC[C@H](NC(=O)c1ccc(C#CC=Cc2ccc(CN3CCOCC3)cc2)cc1)C(=O)NO. The average Bonchev–Trinajstić information content (AvgIpc) is 3.82. The molecule has 2 fully saturated rings. The van der Waals surface area contributed by atoms with E-state index in [1.54, 1.807) is 30.3 Å². The highest BCUT2D eigenvalue weighted by Crippen LogP contribution is 2.17. The molecule has 2 aliphatic rings. The maximum atomic E-state index is 12.7. The second-order valence-electron chi connectivity index (χ2n) is 9.77. The summed E-state index contributed by atoms with van der Waals surface area (Å²) in [5, 5.41) is 17.2. The summed E-state index contributed by atoms with van der Waals surface area (Å²) >= 11 is 0. The first-order valence-electron chi connectivity index (χ1n) is 13.4. The standard InChI is InChI=1S/C30H35N5O5/c36-28(20-31-26-13-14-26)32-19-27(30(38)34-39)33-29(37)25-11-9-23(10-12-25)4-2-1-3-22-5-7-24(8-6-22)21-35-15-17-40-18-16-35/h1,3,5-12,26-27,31,39H,13-21H2,(H,32,36)(H,33,37)(H,34,38)/t27-/m0/s1. The van der Waals surface area contributed by atoms with Crippen LogP contribution >= 0.6 is 0 Å². The van der Waals surface area contributed by atoms with Crippen LogP contribution in [-0.4, -0.2) is 79.3 Å². The van der Waals surface area contributed by atoms with Gasteiger partial charge in [-0.25, -0.2) is 5.48 Å². The Balaban J connectivity index is 1.24. The smallest absolute Gasteiger partial charge is 0.267 e. The minimum absolute atomic E-state index is 0.130. The van der Waals surface area contributed by atoms with E-state index in [0.29, 0.717) is 11.6 Å². The summed E-state index contributed by atoms with van der Waals surface area (Å²) in [5.41, 5.74) is 4.89. The van der Waals surface area contributed by atoms with Crippen LogP contribution < -0.4 is 21.4 Å². The van der Waals surface area contributed by atoms with Crippen molar-refractivity contribution >= 4 is 23.8 Å². The van der Waals surface area contributed by atoms with Gasteiger partial charge in [0.05, 0.1) is 19.8 Å². The highest BCUT2D eigenvalue weighted by Gasteiger charge is 2.24. The summed E-state index contributed by atoms with van der Waals surface area (Å²) in [4.78, 5) is 39.0. The number of carbonyl (C=O) groups excluding carboxylic acids is 3. The molecule has 1 aliphatic carbocycles. The van der Waals surface area contributed by atoms with Crippen LogP contribution in [0.2, 0.25) is 0 Å². The Hall–Kier alpha value is -4.01. The molecule has 0 unspecified atom stereocenters. The zero-order valence-electron chi connectivity index (χ0n) is 22.3. The molecular weight excluding hydrogens is 510 g/mol. The van der Waals surface area contributed by atoms with Crippen molar-refractivity contribution in [3.8, 4) is 11.8 Å². The Morgan fingerprint density at radius 1 is 1.05 bits per heavy atom. The van der Waals surface area contributed by atoms with Crippen LogP contribution in [-0.2, 0) is 20.9 Å². The molecular formula is C30H35N5O5. The Bertz CT molecular complexity index is 1240. The predicted octanol–water partition coefficient (Wildman–Crippen LogP) is 1.06. The molecule has 1 aliphatic heterocycles. The third kappa shape index (κ3) is 9.63. The molecule has 2 aromatic rings. The Kier molecular flexibility index (Phi) is 10.8. The van der Waals surface area contributed by atoms with Crippen molar-refractivity contribution in [2.75, 3.05) is 39.4 Å². The van der Waals surface area contributed by atoms with Crippen LogP contribution in [0.25, 0.3) is 6.08 Å². The van der Waals surface area contributed by atoms with Gasteiger partial charge in [0.2, 0.25) is 5.91 Å². The van der Waals surface area contributed by atoms with Crippen molar-refractivity contribution in [3.63, 3.8) is 0 Å². The predicted molar refractivity (Wildman–Crippen MR) is 150 cm³/mol. The zero-order chi connectivity index (χ0) is 28.2. The van der Waals surface area contributed by atoms with Gasteiger partial charge in [-0.05, 0) is 60.4 Å². The lowest BCUT2D eigenvalue weighted by atomic mass is 10.1. The van der Waals surface area contributed by atoms with Crippen LogP contribution in [0, 0.1) is 11.8 Å². The number of hydrogen-bond acceptors (Lipinski definition) is 7. The monoisotopic (exact) mass is 545 g/mol. The van der Waals surface area contributed by atoms with Crippen molar-refractivity contribution < 1.29 is 24.3 Å². The quantitative estimate of drug-likeness (QED) is 0.162. The van der Waals surface area contributed by atoms with Gasteiger partial charge in [0.1, 0.15) is 6.04 Å². The third-order valence-corrected chi connectivity index (χ3v) is 6.58. The molecule has 10 nitrogen and oxygen atoms in total. The fourth-order valence-electron chi connectivity index (χ4n) is 4.05. The molecule has 0 radical (unpaired) electrons. The number of benzene rings is 2. The summed E-state index contributed by atoms with van der Waals surface area (Å²) in [6, 6.07) is 14.2. The van der Waals surface area contributed by atoms with Crippen LogP contribution in [0.4, 0.5) is 0 Å². The van der Waals surface area contributed by atoms with Crippen molar-refractivity contribution in [1.82, 2.24) is 26.3 Å². The number of amides is 3. The van der Waals surface area contributed by atoms with Gasteiger partial charge in [-0.15, -0.1) is 0 Å². The van der Waals surface area contributed by atoms with Gasteiger partial charge in [-0.3, -0.25) is 24.5 Å². The summed E-state index contributed by atoms with van der Waals surface area (Å²) in [6.07, 6.45) is 5.82. The lowest BCUT2D eigenvalue weighted by molar-refractivity contribution is -0.131. The van der Waals surface area contributed by atoms with Gasteiger partial charge in [0.15, 0.2) is 0 Å². The van der Waals surface area contributed by atoms with E-state index in [-0.39, 0.29) is 19.0 Å². The molecule has 3 amide bonds. The van der Waals surface area contributed by atoms with Crippen LogP contribution in [0.5, 0.6) is 0 Å². The molecule has 4 rings (SSSR count). The number of morpholine rings is 1. The number of hydrogen-bond donors (Lipinski definition) is 5. The van der Waals surface area contributed by atoms with Gasteiger partial charge in [-0.2, -0.15) is 0 Å². The Morgan fingerprint density at radius 2 is 1.77 bits per heavy atom. The molecule has 2 aromatic carbocycles. The molecule has 10 heteroatoms. The minimum Gasteiger partial charge on any atom is -0.379 e. The number of hydroxylamine groups is 1. The van der Waals surface area contributed by atoms with Crippen molar-refractivity contribution in [2.24, 2.45) is 0 Å². The Morgan fingerprint density at radius 3 is 2.45 bits per heavy atom. The highest BCUT2D eigenvalue weighted by molar-refractivity contribution is 5.97. The molecule has 210 valence electrons. The number of ether oxygens (including phenoxy) is 1. The van der Waals surface area contributed by atoms with Crippen molar-refractivity contribution in [1.29, 1.82) is 0 Å². The van der Waals surface area contributed by atoms with Crippen LogP contribution in [0.15, 0.2) is 54.6 Å². The average molecular weight is 546 g/mol. The molecule has 40 heavy (non-hydrogen) atoms. The van der Waals surface area contributed by atoms with Crippen LogP contribution in [0.3, 0.4) is 0 Å². The molecule has 1 saturated heterocycles. The molecule has 0 bridgehead atoms. The molecule has 1 saturated carbocycles. The van der Waals surface area contributed by atoms with E-state index in [2.05, 4.69) is 57.0 Å². The van der Waals surface area contributed by atoms with Gasteiger partial charge < -0.3 is 20.7 Å². The fraction of sp³-hybridized carbons (Fsp3) is 0.367. The summed E-state index contributed by atoms with van der Waals surface area (Å²) in [6.45, 7) is 4.40. The number of nitrogens with zero attached hydrogens (tertiary/aromatic N) is 1. The minimum atomic E-state index is -1.14. The number of rotatable bonds is 11. The maximum absolute atomic E-state index is 12.7. The highest BCUT2D eigenvalue weighted by atomic mass is 16.5. The molecule has 1 heterocycles. The van der Waals surface area contributed by atoms with Crippen molar-refractivity contribution in [2.45, 2.75) is 31.5 Å².